The first kappa shape index (κ1) is 7.70. The summed E-state index contributed by atoms with van der Waals surface area (Å²) in [7, 11) is 1.90. The highest BCUT2D eigenvalue weighted by atomic mass is 16.5. The maximum atomic E-state index is 5.24. The zero-order valence-corrected chi connectivity index (χ0v) is 7.08. The Morgan fingerprint density at radius 1 is 1.58 bits per heavy atom. The lowest BCUT2D eigenvalue weighted by molar-refractivity contribution is 0.0805. The zero-order chi connectivity index (χ0) is 8.39. The molecule has 1 aromatic rings. The Morgan fingerprint density at radius 3 is 3.33 bits per heavy atom. The average molecular weight is 168 g/mol. The monoisotopic (exact) mass is 168 g/mol. The Hall–Kier alpha value is -0.940. The fourth-order valence-corrected chi connectivity index (χ4v) is 1.35. The molecule has 5 nitrogen and oxygen atoms in total. The molecule has 0 amide bonds. The third kappa shape index (κ3) is 1.21. The van der Waals surface area contributed by atoms with Crippen molar-refractivity contribution in [2.45, 2.75) is 19.7 Å². The number of nitrogens with one attached hydrogen (secondary N) is 1. The maximum Gasteiger partial charge on any atom is 0.159 e. The molecule has 0 atom stereocenters. The van der Waals surface area contributed by atoms with Crippen LogP contribution in [0.1, 0.15) is 11.6 Å². The molecule has 1 aromatic heterocycles. The summed E-state index contributed by atoms with van der Waals surface area (Å²) in [4.78, 5) is 0. The van der Waals surface area contributed by atoms with Crippen molar-refractivity contribution in [2.24, 2.45) is 0 Å². The third-order valence-electron chi connectivity index (χ3n) is 1.93. The van der Waals surface area contributed by atoms with E-state index in [-0.39, 0.29) is 0 Å². The van der Waals surface area contributed by atoms with Crippen molar-refractivity contribution in [1.29, 1.82) is 0 Å². The lowest BCUT2D eigenvalue weighted by Gasteiger charge is -2.14. The van der Waals surface area contributed by atoms with Crippen molar-refractivity contribution in [3.8, 4) is 0 Å². The highest BCUT2D eigenvalue weighted by molar-refractivity contribution is 4.96. The van der Waals surface area contributed by atoms with Crippen molar-refractivity contribution in [1.82, 2.24) is 20.1 Å². The molecule has 5 heteroatoms. The highest BCUT2D eigenvalue weighted by Crippen LogP contribution is 2.08. The van der Waals surface area contributed by atoms with Gasteiger partial charge in [-0.15, -0.1) is 10.2 Å². The van der Waals surface area contributed by atoms with E-state index in [1.165, 1.54) is 0 Å². The minimum atomic E-state index is 0.594. The largest absolute Gasteiger partial charge is 0.372 e. The van der Waals surface area contributed by atoms with Gasteiger partial charge in [-0.3, -0.25) is 0 Å². The minimum Gasteiger partial charge on any atom is -0.372 e. The van der Waals surface area contributed by atoms with E-state index >= 15 is 0 Å². The number of ether oxygens (including phenoxy) is 1. The van der Waals surface area contributed by atoms with Crippen LogP contribution >= 0.6 is 0 Å². The molecule has 2 rings (SSSR count). The van der Waals surface area contributed by atoms with E-state index in [0.717, 1.165) is 31.3 Å². The molecular formula is C7H12N4O. The van der Waals surface area contributed by atoms with Crippen molar-refractivity contribution >= 4 is 0 Å². The summed E-state index contributed by atoms with van der Waals surface area (Å²) in [5.74, 6) is 1.93. The van der Waals surface area contributed by atoms with Gasteiger partial charge in [0.1, 0.15) is 12.4 Å². The van der Waals surface area contributed by atoms with Gasteiger partial charge in [-0.25, -0.2) is 0 Å². The van der Waals surface area contributed by atoms with Gasteiger partial charge in [0.05, 0.1) is 13.2 Å². The van der Waals surface area contributed by atoms with E-state index < -0.39 is 0 Å². The van der Waals surface area contributed by atoms with Crippen LogP contribution in [0.5, 0.6) is 0 Å². The van der Waals surface area contributed by atoms with E-state index in [1.807, 2.05) is 7.05 Å². The van der Waals surface area contributed by atoms with E-state index in [4.69, 9.17) is 4.74 Å². The van der Waals surface area contributed by atoms with Crippen LogP contribution < -0.4 is 5.32 Å². The van der Waals surface area contributed by atoms with Gasteiger partial charge in [-0.2, -0.15) is 0 Å². The lowest BCUT2D eigenvalue weighted by atomic mass is 10.4. The number of aromatic nitrogens is 3. The zero-order valence-electron chi connectivity index (χ0n) is 7.08. The average Bonchev–Trinajstić information content (AvgIpc) is 2.50. The fourth-order valence-electron chi connectivity index (χ4n) is 1.35. The SMILES string of the molecule is CNCc1nnc2n1CCOC2. The second-order valence-corrected chi connectivity index (χ2v) is 2.77. The third-order valence-corrected chi connectivity index (χ3v) is 1.93. The van der Waals surface area contributed by atoms with Gasteiger partial charge in [0.25, 0.3) is 0 Å². The van der Waals surface area contributed by atoms with Crippen molar-refractivity contribution in [2.75, 3.05) is 13.7 Å². The Bertz CT molecular complexity index is 270. The molecule has 0 bridgehead atoms. The van der Waals surface area contributed by atoms with Gasteiger partial charge >= 0.3 is 0 Å². The van der Waals surface area contributed by atoms with Gasteiger partial charge in [0.15, 0.2) is 5.82 Å². The van der Waals surface area contributed by atoms with Gasteiger partial charge in [-0.05, 0) is 7.05 Å². The van der Waals surface area contributed by atoms with Gasteiger partial charge < -0.3 is 14.6 Å². The first-order chi connectivity index (χ1) is 5.92. The van der Waals surface area contributed by atoms with Crippen LogP contribution in [0.15, 0.2) is 0 Å². The summed E-state index contributed by atoms with van der Waals surface area (Å²) in [6.07, 6.45) is 0. The van der Waals surface area contributed by atoms with Crippen LogP contribution in [0.3, 0.4) is 0 Å². The van der Waals surface area contributed by atoms with Crippen LogP contribution in [0, 0.1) is 0 Å². The van der Waals surface area contributed by atoms with E-state index in [0.29, 0.717) is 6.61 Å². The first-order valence-corrected chi connectivity index (χ1v) is 4.05. The molecular weight excluding hydrogens is 156 g/mol. The molecule has 1 aliphatic heterocycles. The van der Waals surface area contributed by atoms with Crippen molar-refractivity contribution < 1.29 is 4.74 Å². The van der Waals surface area contributed by atoms with Crippen LogP contribution in [0.4, 0.5) is 0 Å². The number of rotatable bonds is 2. The predicted molar refractivity (Wildman–Crippen MR) is 42.4 cm³/mol. The molecule has 2 heterocycles. The van der Waals surface area contributed by atoms with Gasteiger partial charge in [0, 0.05) is 6.54 Å². The Labute approximate surface area is 70.7 Å². The van der Waals surface area contributed by atoms with E-state index in [2.05, 4.69) is 20.1 Å². The Balaban J connectivity index is 2.25. The topological polar surface area (TPSA) is 52.0 Å². The first-order valence-electron chi connectivity index (χ1n) is 4.05. The van der Waals surface area contributed by atoms with Crippen molar-refractivity contribution in [3.05, 3.63) is 11.6 Å². The molecule has 12 heavy (non-hydrogen) atoms. The Kier molecular flexibility index (Phi) is 2.05. The van der Waals surface area contributed by atoms with Gasteiger partial charge in [0.2, 0.25) is 0 Å². The summed E-state index contributed by atoms with van der Waals surface area (Å²) >= 11 is 0. The van der Waals surface area contributed by atoms with Crippen LogP contribution in [0.25, 0.3) is 0 Å². The number of nitrogens with zero attached hydrogens (tertiary/aromatic N) is 3. The second-order valence-electron chi connectivity index (χ2n) is 2.77. The summed E-state index contributed by atoms with van der Waals surface area (Å²) in [6.45, 7) is 3.00. The molecule has 0 saturated heterocycles. The van der Waals surface area contributed by atoms with Crippen LogP contribution in [-0.2, 0) is 24.4 Å². The summed E-state index contributed by atoms with van der Waals surface area (Å²) < 4.78 is 7.35. The number of hydrogen-bond donors (Lipinski definition) is 1. The van der Waals surface area contributed by atoms with Crippen LogP contribution in [0.2, 0.25) is 0 Å². The Morgan fingerprint density at radius 2 is 2.50 bits per heavy atom. The molecule has 0 spiro atoms. The normalized spacial score (nSPS) is 16.1. The standard InChI is InChI=1S/C7H12N4O/c1-8-4-6-9-10-7-5-12-3-2-11(6)7/h8H,2-5H2,1H3. The van der Waals surface area contributed by atoms with Crippen molar-refractivity contribution in [3.63, 3.8) is 0 Å². The second kappa shape index (κ2) is 3.20. The summed E-state index contributed by atoms with van der Waals surface area (Å²) in [6, 6.07) is 0. The lowest BCUT2D eigenvalue weighted by Crippen LogP contribution is -2.20. The molecule has 0 saturated carbocycles. The van der Waals surface area contributed by atoms with E-state index in [1.54, 1.807) is 0 Å². The molecule has 0 radical (unpaired) electrons. The fraction of sp³-hybridized carbons (Fsp3) is 0.714. The van der Waals surface area contributed by atoms with Gasteiger partial charge in [-0.1, -0.05) is 0 Å². The predicted octanol–water partition coefficient (Wildman–Crippen LogP) is -0.472. The molecule has 1 N–H and O–H groups in total. The number of fused-ring (bicyclic) bond motifs is 1. The molecule has 1 aliphatic rings. The molecule has 66 valence electrons. The smallest absolute Gasteiger partial charge is 0.159 e. The highest BCUT2D eigenvalue weighted by Gasteiger charge is 2.14. The maximum absolute atomic E-state index is 5.24. The molecule has 0 aromatic carbocycles. The van der Waals surface area contributed by atoms with Crippen LogP contribution in [-0.4, -0.2) is 28.4 Å². The number of hydrogen-bond acceptors (Lipinski definition) is 4. The quantitative estimate of drug-likeness (QED) is 0.648. The summed E-state index contributed by atoms with van der Waals surface area (Å²) in [5, 5.41) is 11.1. The summed E-state index contributed by atoms with van der Waals surface area (Å²) in [5.41, 5.74) is 0. The van der Waals surface area contributed by atoms with E-state index in [9.17, 15) is 0 Å². The molecule has 0 fully saturated rings. The molecule has 0 aliphatic carbocycles. The minimum absolute atomic E-state index is 0.594. The molecule has 0 unspecified atom stereocenters.